The number of ether oxygens (including phenoxy) is 1. The van der Waals surface area contributed by atoms with Gasteiger partial charge in [0.05, 0.1) is 0 Å². The van der Waals surface area contributed by atoms with Gasteiger partial charge in [0.2, 0.25) is 0 Å². The maximum atomic E-state index is 10.8. The van der Waals surface area contributed by atoms with Gasteiger partial charge in [-0.1, -0.05) is 62.4 Å². The molecule has 0 radical (unpaired) electrons. The smallest absolute Gasteiger partial charge is 0.404 e. The highest BCUT2D eigenvalue weighted by atomic mass is 16.5. The number of hydrogen-bond acceptors (Lipinski definition) is 4. The Morgan fingerprint density at radius 2 is 1.52 bits per heavy atom. The number of piperidine rings is 1. The lowest BCUT2D eigenvalue weighted by Crippen LogP contribution is -2.27. The number of carbonyl (C=O) groups is 2. The van der Waals surface area contributed by atoms with Crippen molar-refractivity contribution in [2.45, 2.75) is 45.4 Å². The number of carbonyl (C=O) groups excluding carboxylic acids is 1. The van der Waals surface area contributed by atoms with E-state index in [1.165, 1.54) is 22.3 Å². The Balaban J connectivity index is 0.000000226. The number of nitrogens with two attached hydrogens (primary N) is 1. The van der Waals surface area contributed by atoms with Crippen LogP contribution in [-0.4, -0.2) is 36.9 Å². The molecule has 0 aromatic heterocycles. The molecule has 1 heterocycles. The zero-order valence-corrected chi connectivity index (χ0v) is 18.5. The molecule has 1 aliphatic heterocycles. The predicted octanol–water partition coefficient (Wildman–Crippen LogP) is 4.77. The highest BCUT2D eigenvalue weighted by Crippen LogP contribution is 2.44. The summed E-state index contributed by atoms with van der Waals surface area (Å²) in [5.74, 6) is 0.0702. The molecule has 31 heavy (non-hydrogen) atoms. The Kier molecular flexibility index (Phi) is 10.0. The van der Waals surface area contributed by atoms with Crippen molar-refractivity contribution in [3.05, 3.63) is 59.7 Å². The number of nitrogens with one attached hydrogen (secondary N) is 1. The second-order valence-electron chi connectivity index (χ2n) is 7.48. The van der Waals surface area contributed by atoms with Crippen LogP contribution in [0.5, 0.6) is 0 Å². The summed E-state index contributed by atoms with van der Waals surface area (Å²) in [6, 6.07) is 16.4. The molecule has 0 atom stereocenters. The summed E-state index contributed by atoms with van der Waals surface area (Å²) in [6.07, 6.45) is 2.76. The van der Waals surface area contributed by atoms with E-state index in [1.54, 1.807) is 0 Å². The third-order valence-electron chi connectivity index (χ3n) is 5.58. The first-order valence-electron chi connectivity index (χ1n) is 11.1. The van der Waals surface area contributed by atoms with E-state index in [0.29, 0.717) is 18.9 Å². The molecule has 2 aromatic carbocycles. The van der Waals surface area contributed by atoms with Gasteiger partial charge < -0.3 is 20.9 Å². The van der Waals surface area contributed by atoms with Crippen LogP contribution in [0.1, 0.15) is 56.6 Å². The molecule has 4 rings (SSSR count). The van der Waals surface area contributed by atoms with Crippen LogP contribution in [-0.2, 0) is 9.53 Å². The van der Waals surface area contributed by atoms with Gasteiger partial charge in [-0.05, 0) is 60.5 Å². The van der Waals surface area contributed by atoms with Crippen molar-refractivity contribution in [1.29, 1.82) is 0 Å². The van der Waals surface area contributed by atoms with Gasteiger partial charge in [-0.15, -0.1) is 0 Å². The Labute approximate surface area is 184 Å². The van der Waals surface area contributed by atoms with E-state index in [-0.39, 0.29) is 5.92 Å². The monoisotopic (exact) mass is 426 g/mol. The van der Waals surface area contributed by atoms with E-state index in [4.69, 9.17) is 15.6 Å². The molecule has 2 aromatic rings. The van der Waals surface area contributed by atoms with Crippen molar-refractivity contribution in [3.8, 4) is 11.1 Å². The van der Waals surface area contributed by atoms with Crippen LogP contribution in [0.15, 0.2) is 48.5 Å². The topological polar surface area (TPSA) is 102 Å². The van der Waals surface area contributed by atoms with Crippen LogP contribution in [0.2, 0.25) is 0 Å². The number of carboxylic acid groups (broad SMARTS) is 1. The molecule has 1 saturated heterocycles. The number of benzene rings is 2. The molecular formula is C25H34N2O4. The minimum atomic E-state index is -0.725. The first kappa shape index (κ1) is 24.4. The lowest BCUT2D eigenvalue weighted by Gasteiger charge is -2.21. The molecule has 0 saturated carbocycles. The van der Waals surface area contributed by atoms with E-state index in [9.17, 15) is 9.59 Å². The van der Waals surface area contributed by atoms with E-state index >= 15 is 0 Å². The second kappa shape index (κ2) is 12.7. The molecule has 6 heteroatoms. The standard InChI is InChI=1S/C15H13NO2.C8H15NO2.C2H6/c16-15(17)18-9-14-12-7-3-1-5-10(12)11-6-2-4-8-13(11)14;10-8(11)2-1-7-3-5-9-6-4-7;1-2/h1-8,14H,9H2,(H2,16,17);7,9H,1-6H2,(H,10,11);1-2H3. The number of carboxylic acids is 1. The van der Waals surface area contributed by atoms with Crippen molar-refractivity contribution in [1.82, 2.24) is 5.32 Å². The van der Waals surface area contributed by atoms with Crippen LogP contribution in [0, 0.1) is 5.92 Å². The van der Waals surface area contributed by atoms with Crippen molar-refractivity contribution in [2.75, 3.05) is 19.7 Å². The molecule has 6 nitrogen and oxygen atoms in total. The number of fused-ring (bicyclic) bond motifs is 3. The minimum Gasteiger partial charge on any atom is -0.481 e. The van der Waals surface area contributed by atoms with Gasteiger partial charge in [0, 0.05) is 12.3 Å². The highest BCUT2D eigenvalue weighted by molar-refractivity contribution is 5.79. The molecule has 2 aliphatic rings. The number of primary amides is 1. The summed E-state index contributed by atoms with van der Waals surface area (Å²) in [7, 11) is 0. The van der Waals surface area contributed by atoms with Crippen LogP contribution < -0.4 is 11.1 Å². The first-order valence-corrected chi connectivity index (χ1v) is 11.1. The number of amides is 1. The summed E-state index contributed by atoms with van der Waals surface area (Å²) in [4.78, 5) is 21.0. The van der Waals surface area contributed by atoms with E-state index in [1.807, 2.05) is 38.1 Å². The van der Waals surface area contributed by atoms with Gasteiger partial charge in [0.1, 0.15) is 6.61 Å². The Morgan fingerprint density at radius 1 is 1.00 bits per heavy atom. The van der Waals surface area contributed by atoms with Gasteiger partial charge in [0.15, 0.2) is 0 Å². The molecule has 1 aliphatic carbocycles. The van der Waals surface area contributed by atoms with Gasteiger partial charge in [-0.3, -0.25) is 4.79 Å². The fourth-order valence-corrected chi connectivity index (χ4v) is 4.10. The summed E-state index contributed by atoms with van der Waals surface area (Å²) < 4.78 is 4.98. The van der Waals surface area contributed by atoms with Crippen molar-refractivity contribution >= 4 is 12.1 Å². The largest absolute Gasteiger partial charge is 0.481 e. The number of hydrogen-bond donors (Lipinski definition) is 3. The van der Waals surface area contributed by atoms with Gasteiger partial charge >= 0.3 is 12.1 Å². The predicted molar refractivity (Wildman–Crippen MR) is 123 cm³/mol. The molecule has 168 valence electrons. The molecule has 0 unspecified atom stereocenters. The molecule has 4 N–H and O–H groups in total. The summed E-state index contributed by atoms with van der Waals surface area (Å²) >= 11 is 0. The van der Waals surface area contributed by atoms with Crippen molar-refractivity contribution in [3.63, 3.8) is 0 Å². The summed E-state index contributed by atoms with van der Waals surface area (Å²) in [5, 5.41) is 11.7. The summed E-state index contributed by atoms with van der Waals surface area (Å²) in [5.41, 5.74) is 9.87. The number of rotatable bonds is 5. The molecule has 0 spiro atoms. The third-order valence-corrected chi connectivity index (χ3v) is 5.58. The Morgan fingerprint density at radius 3 is 2.00 bits per heavy atom. The van der Waals surface area contributed by atoms with Gasteiger partial charge in [0.25, 0.3) is 0 Å². The highest BCUT2D eigenvalue weighted by Gasteiger charge is 2.28. The first-order chi connectivity index (χ1) is 15.1. The van der Waals surface area contributed by atoms with Crippen LogP contribution in [0.25, 0.3) is 11.1 Å². The SMILES string of the molecule is CC.NC(=O)OCC1c2ccccc2-c2ccccc21.O=C(O)CCC1CCNCC1. The average Bonchev–Trinajstić information content (AvgIpc) is 3.12. The number of aliphatic carboxylic acids is 1. The van der Waals surface area contributed by atoms with E-state index in [0.717, 1.165) is 32.4 Å². The van der Waals surface area contributed by atoms with Gasteiger partial charge in [-0.25, -0.2) is 4.79 Å². The lowest BCUT2D eigenvalue weighted by molar-refractivity contribution is -0.137. The van der Waals surface area contributed by atoms with Crippen LogP contribution >= 0.6 is 0 Å². The van der Waals surface area contributed by atoms with Gasteiger partial charge in [-0.2, -0.15) is 0 Å². The third kappa shape index (κ3) is 7.10. The zero-order chi connectivity index (χ0) is 22.6. The molecule has 1 fully saturated rings. The fraction of sp³-hybridized carbons (Fsp3) is 0.440. The fourth-order valence-electron chi connectivity index (χ4n) is 4.10. The molecule has 1 amide bonds. The van der Waals surface area contributed by atoms with Crippen LogP contribution in [0.3, 0.4) is 0 Å². The van der Waals surface area contributed by atoms with Crippen molar-refractivity contribution < 1.29 is 19.4 Å². The minimum absolute atomic E-state index is 0.0879. The van der Waals surface area contributed by atoms with E-state index < -0.39 is 12.1 Å². The van der Waals surface area contributed by atoms with E-state index in [2.05, 4.69) is 29.6 Å². The molecule has 0 bridgehead atoms. The zero-order valence-electron chi connectivity index (χ0n) is 18.5. The quantitative estimate of drug-likeness (QED) is 0.639. The van der Waals surface area contributed by atoms with Crippen LogP contribution in [0.4, 0.5) is 4.79 Å². The second-order valence-corrected chi connectivity index (χ2v) is 7.48. The Bertz CT molecular complexity index is 801. The lowest BCUT2D eigenvalue weighted by atomic mass is 9.93. The molecular weight excluding hydrogens is 392 g/mol. The average molecular weight is 427 g/mol. The normalized spacial score (nSPS) is 14.8. The maximum Gasteiger partial charge on any atom is 0.404 e. The Hall–Kier alpha value is -2.86. The summed E-state index contributed by atoms with van der Waals surface area (Å²) in [6.45, 7) is 6.41. The maximum absolute atomic E-state index is 10.8. The van der Waals surface area contributed by atoms with Crippen molar-refractivity contribution in [2.24, 2.45) is 11.7 Å².